The van der Waals surface area contributed by atoms with Gasteiger partial charge in [0.25, 0.3) is 11.8 Å². The maximum atomic E-state index is 13.1. The molecule has 0 radical (unpaired) electrons. The molecule has 29 heavy (non-hydrogen) atoms. The minimum Gasteiger partial charge on any atom is -0.355 e. The predicted molar refractivity (Wildman–Crippen MR) is 109 cm³/mol. The molecule has 8 nitrogen and oxygen atoms in total. The van der Waals surface area contributed by atoms with E-state index in [9.17, 15) is 9.59 Å². The normalized spacial score (nSPS) is 12.9. The van der Waals surface area contributed by atoms with Crippen LogP contribution in [0.25, 0.3) is 0 Å². The van der Waals surface area contributed by atoms with Gasteiger partial charge in [-0.2, -0.15) is 0 Å². The number of hydrogen-bond donors (Lipinski definition) is 3. The second-order valence-corrected chi connectivity index (χ2v) is 6.74. The lowest BCUT2D eigenvalue weighted by atomic mass is 10.1. The van der Waals surface area contributed by atoms with Gasteiger partial charge < -0.3 is 16.0 Å². The van der Waals surface area contributed by atoms with E-state index in [1.165, 1.54) is 6.33 Å². The van der Waals surface area contributed by atoms with Crippen molar-refractivity contribution in [3.8, 4) is 0 Å². The molecule has 4 rings (SSSR count). The van der Waals surface area contributed by atoms with Gasteiger partial charge in [-0.25, -0.2) is 15.0 Å². The van der Waals surface area contributed by atoms with Crippen LogP contribution in [0.15, 0.2) is 55.1 Å². The van der Waals surface area contributed by atoms with E-state index in [1.807, 2.05) is 12.1 Å². The maximum absolute atomic E-state index is 13.1. The molecule has 0 aliphatic heterocycles. The highest BCUT2D eigenvalue weighted by atomic mass is 16.2. The molecule has 2 amide bonds. The van der Waals surface area contributed by atoms with Gasteiger partial charge in [-0.15, -0.1) is 0 Å². The third-order valence-corrected chi connectivity index (χ3v) is 4.61. The number of amides is 2. The van der Waals surface area contributed by atoms with E-state index >= 15 is 0 Å². The van der Waals surface area contributed by atoms with Crippen LogP contribution < -0.4 is 16.0 Å². The SMILES string of the molecule is CNC(=O)c1ccccc1NC(=O)c1nc(C2CC2)ccc1Nc1cncnc1. The van der Waals surface area contributed by atoms with Gasteiger partial charge in [-0.05, 0) is 37.1 Å². The second-order valence-electron chi connectivity index (χ2n) is 6.74. The largest absolute Gasteiger partial charge is 0.355 e. The third kappa shape index (κ3) is 4.21. The second kappa shape index (κ2) is 8.05. The first-order valence-electron chi connectivity index (χ1n) is 9.31. The minimum atomic E-state index is -0.400. The zero-order chi connectivity index (χ0) is 20.2. The van der Waals surface area contributed by atoms with Crippen molar-refractivity contribution in [1.82, 2.24) is 20.3 Å². The minimum absolute atomic E-state index is 0.255. The Balaban J connectivity index is 1.66. The molecule has 0 spiro atoms. The summed E-state index contributed by atoms with van der Waals surface area (Å²) in [7, 11) is 1.55. The van der Waals surface area contributed by atoms with Crippen LogP contribution in [-0.2, 0) is 0 Å². The van der Waals surface area contributed by atoms with Crippen molar-refractivity contribution in [2.24, 2.45) is 0 Å². The molecule has 0 saturated heterocycles. The Labute approximate surface area is 167 Å². The van der Waals surface area contributed by atoms with Crippen molar-refractivity contribution in [1.29, 1.82) is 0 Å². The highest BCUT2D eigenvalue weighted by Crippen LogP contribution is 2.39. The fraction of sp³-hybridized carbons (Fsp3) is 0.190. The zero-order valence-electron chi connectivity index (χ0n) is 15.8. The van der Waals surface area contributed by atoms with Crippen LogP contribution in [0.1, 0.15) is 45.3 Å². The van der Waals surface area contributed by atoms with E-state index < -0.39 is 5.91 Å². The van der Waals surface area contributed by atoms with E-state index in [4.69, 9.17) is 0 Å². The Morgan fingerprint density at radius 1 is 0.966 bits per heavy atom. The first-order valence-corrected chi connectivity index (χ1v) is 9.31. The monoisotopic (exact) mass is 388 g/mol. The predicted octanol–water partition coefficient (Wildman–Crippen LogP) is 3.10. The van der Waals surface area contributed by atoms with Crippen molar-refractivity contribution >= 4 is 28.9 Å². The van der Waals surface area contributed by atoms with Crippen molar-refractivity contribution in [2.75, 3.05) is 17.7 Å². The molecule has 2 heterocycles. The summed E-state index contributed by atoms with van der Waals surface area (Å²) in [5.74, 6) is -0.280. The fourth-order valence-electron chi connectivity index (χ4n) is 2.98. The van der Waals surface area contributed by atoms with Crippen molar-refractivity contribution < 1.29 is 9.59 Å². The molecule has 2 aromatic heterocycles. The van der Waals surface area contributed by atoms with Crippen LogP contribution in [0.2, 0.25) is 0 Å². The van der Waals surface area contributed by atoms with Gasteiger partial charge in [0.05, 0.1) is 35.0 Å². The molecule has 0 atom stereocenters. The van der Waals surface area contributed by atoms with E-state index in [0.717, 1.165) is 18.5 Å². The van der Waals surface area contributed by atoms with Gasteiger partial charge in [0, 0.05) is 18.7 Å². The summed E-state index contributed by atoms with van der Waals surface area (Å²) < 4.78 is 0. The highest BCUT2D eigenvalue weighted by molar-refractivity contribution is 6.10. The molecule has 3 aromatic rings. The zero-order valence-corrected chi connectivity index (χ0v) is 15.8. The van der Waals surface area contributed by atoms with E-state index in [0.29, 0.717) is 28.5 Å². The summed E-state index contributed by atoms with van der Waals surface area (Å²) >= 11 is 0. The van der Waals surface area contributed by atoms with Gasteiger partial charge in [0.2, 0.25) is 0 Å². The van der Waals surface area contributed by atoms with Crippen LogP contribution in [0, 0.1) is 0 Å². The Morgan fingerprint density at radius 3 is 2.45 bits per heavy atom. The van der Waals surface area contributed by atoms with Crippen LogP contribution >= 0.6 is 0 Å². The average molecular weight is 388 g/mol. The molecule has 0 unspecified atom stereocenters. The molecule has 1 aromatic carbocycles. The number of anilines is 3. The van der Waals surface area contributed by atoms with Crippen LogP contribution in [0.4, 0.5) is 17.1 Å². The van der Waals surface area contributed by atoms with Crippen LogP contribution in [0.3, 0.4) is 0 Å². The van der Waals surface area contributed by atoms with E-state index in [2.05, 4.69) is 30.9 Å². The molecule has 146 valence electrons. The van der Waals surface area contributed by atoms with Crippen LogP contribution in [-0.4, -0.2) is 33.8 Å². The topological polar surface area (TPSA) is 109 Å². The lowest BCUT2D eigenvalue weighted by molar-refractivity contribution is 0.0964. The third-order valence-electron chi connectivity index (χ3n) is 4.61. The van der Waals surface area contributed by atoms with Crippen molar-refractivity contribution in [2.45, 2.75) is 18.8 Å². The maximum Gasteiger partial charge on any atom is 0.276 e. The molecule has 3 N–H and O–H groups in total. The van der Waals surface area contributed by atoms with Gasteiger partial charge in [-0.3, -0.25) is 9.59 Å². The first kappa shape index (κ1) is 18.5. The Kier molecular flexibility index (Phi) is 5.15. The number of nitrogens with one attached hydrogen (secondary N) is 3. The van der Waals surface area contributed by atoms with E-state index in [1.54, 1.807) is 43.7 Å². The van der Waals surface area contributed by atoms with Crippen molar-refractivity contribution in [3.05, 3.63) is 72.1 Å². The summed E-state index contributed by atoms with van der Waals surface area (Å²) in [6, 6.07) is 10.6. The van der Waals surface area contributed by atoms with Gasteiger partial charge in [0.1, 0.15) is 6.33 Å². The lowest BCUT2D eigenvalue weighted by Gasteiger charge is -2.14. The molecular formula is C21H20N6O2. The van der Waals surface area contributed by atoms with E-state index in [-0.39, 0.29) is 11.6 Å². The Hall–Kier alpha value is -3.81. The first-order chi connectivity index (χ1) is 14.2. The summed E-state index contributed by atoms with van der Waals surface area (Å²) in [5, 5.41) is 8.55. The molecular weight excluding hydrogens is 368 g/mol. The summed E-state index contributed by atoms with van der Waals surface area (Å²) in [6.45, 7) is 0. The number of carbonyl (C=O) groups is 2. The molecule has 1 aliphatic rings. The molecule has 1 fully saturated rings. The van der Waals surface area contributed by atoms with Crippen molar-refractivity contribution in [3.63, 3.8) is 0 Å². The number of nitrogens with zero attached hydrogens (tertiary/aromatic N) is 3. The smallest absolute Gasteiger partial charge is 0.276 e. The van der Waals surface area contributed by atoms with Gasteiger partial charge >= 0.3 is 0 Å². The number of pyridine rings is 1. The Bertz CT molecular complexity index is 1050. The average Bonchev–Trinajstić information content (AvgIpc) is 3.60. The molecule has 0 bridgehead atoms. The number of aromatic nitrogens is 3. The van der Waals surface area contributed by atoms with Gasteiger partial charge in [0.15, 0.2) is 5.69 Å². The lowest BCUT2D eigenvalue weighted by Crippen LogP contribution is -2.22. The number of para-hydroxylation sites is 1. The van der Waals surface area contributed by atoms with Gasteiger partial charge in [-0.1, -0.05) is 12.1 Å². The molecule has 1 saturated carbocycles. The highest BCUT2D eigenvalue weighted by Gasteiger charge is 2.27. The number of rotatable bonds is 6. The van der Waals surface area contributed by atoms with Crippen LogP contribution in [0.5, 0.6) is 0 Å². The standard InChI is InChI=1S/C21H20N6O2/c1-22-20(28)15-4-2-3-5-17(15)27-21(29)19-18(25-14-10-23-12-24-11-14)9-8-16(26-19)13-6-7-13/h2-5,8-13,25H,6-7H2,1H3,(H,22,28)(H,27,29). The summed E-state index contributed by atoms with van der Waals surface area (Å²) in [6.07, 6.45) is 6.82. The molecule has 8 heteroatoms. The quantitative estimate of drug-likeness (QED) is 0.599. The fourth-order valence-corrected chi connectivity index (χ4v) is 2.98. The Morgan fingerprint density at radius 2 is 1.72 bits per heavy atom. The number of carbonyl (C=O) groups excluding carboxylic acids is 2. The number of hydrogen-bond acceptors (Lipinski definition) is 6. The number of benzene rings is 1. The molecule has 1 aliphatic carbocycles. The summed E-state index contributed by atoms with van der Waals surface area (Å²) in [5.41, 5.74) is 3.14. The summed E-state index contributed by atoms with van der Waals surface area (Å²) in [4.78, 5) is 37.8.